The average molecular weight is 326 g/mol. The minimum Gasteiger partial charge on any atom is -0.251 e. The van der Waals surface area contributed by atoms with Crippen molar-refractivity contribution in [3.8, 4) is 5.13 Å². The van der Waals surface area contributed by atoms with E-state index in [2.05, 4.69) is 27.3 Å². The highest BCUT2D eigenvalue weighted by Crippen LogP contribution is 2.17. The van der Waals surface area contributed by atoms with Gasteiger partial charge in [0.25, 0.3) is 0 Å². The summed E-state index contributed by atoms with van der Waals surface area (Å²) in [4.78, 5) is 0. The van der Waals surface area contributed by atoms with Crippen LogP contribution < -0.4 is 0 Å². The Labute approximate surface area is 134 Å². The van der Waals surface area contributed by atoms with E-state index in [1.54, 1.807) is 11.3 Å². The van der Waals surface area contributed by atoms with Gasteiger partial charge in [-0.2, -0.15) is 5.10 Å². The van der Waals surface area contributed by atoms with E-state index in [-0.39, 0.29) is 0 Å². The molecule has 0 aliphatic heterocycles. The fourth-order valence-electron chi connectivity index (χ4n) is 2.31. The maximum atomic E-state index is 5.30. The van der Waals surface area contributed by atoms with Crippen LogP contribution in [0.25, 0.3) is 5.13 Å². The number of aromatic nitrogens is 5. The molecule has 0 spiro atoms. The summed E-state index contributed by atoms with van der Waals surface area (Å²) in [7, 11) is 0. The second-order valence-electron chi connectivity index (χ2n) is 5.26. The highest BCUT2D eigenvalue weighted by Gasteiger charge is 2.11. The fourth-order valence-corrected chi connectivity index (χ4v) is 3.32. The smallest absolute Gasteiger partial charge is 0.220 e. The minimum absolute atomic E-state index is 0.601. The van der Waals surface area contributed by atoms with E-state index in [1.165, 1.54) is 38.5 Å². The van der Waals surface area contributed by atoms with Crippen molar-refractivity contribution in [3.05, 3.63) is 15.6 Å². The number of rotatable bonds is 9. The predicted molar refractivity (Wildman–Crippen MR) is 88.6 cm³/mol. The number of aryl methyl sites for hydroxylation is 2. The van der Waals surface area contributed by atoms with Crippen molar-refractivity contribution in [2.24, 2.45) is 0 Å². The molecule has 2 aromatic rings. The summed E-state index contributed by atoms with van der Waals surface area (Å²) in [5.41, 5.74) is 0. The van der Waals surface area contributed by atoms with Gasteiger partial charge in [-0.15, -0.1) is 10.2 Å². The summed E-state index contributed by atoms with van der Waals surface area (Å²) in [5, 5.41) is 17.2. The van der Waals surface area contributed by atoms with E-state index in [4.69, 9.17) is 12.2 Å². The molecule has 0 amide bonds. The average Bonchev–Trinajstić information content (AvgIpc) is 3.04. The number of hydrogen-bond acceptors (Lipinski definition) is 5. The van der Waals surface area contributed by atoms with Gasteiger partial charge < -0.3 is 0 Å². The zero-order valence-corrected chi connectivity index (χ0v) is 14.4. The van der Waals surface area contributed by atoms with Gasteiger partial charge in [0, 0.05) is 6.42 Å². The molecule has 0 aliphatic rings. The summed E-state index contributed by atoms with van der Waals surface area (Å²) in [5.74, 6) is 0.963. The molecule has 0 aliphatic carbocycles. The van der Waals surface area contributed by atoms with E-state index in [9.17, 15) is 0 Å². The second kappa shape index (κ2) is 8.38. The summed E-state index contributed by atoms with van der Waals surface area (Å²) in [6.45, 7) is 4.19. The summed E-state index contributed by atoms with van der Waals surface area (Å²) in [6, 6.07) is 0. The lowest BCUT2D eigenvalue weighted by molar-refractivity contribution is 0.582. The quantitative estimate of drug-likeness (QED) is 0.549. The van der Waals surface area contributed by atoms with Crippen LogP contribution in [0.5, 0.6) is 0 Å². The Bertz CT molecular complexity index is 599. The Morgan fingerprint density at radius 2 is 1.81 bits per heavy atom. The molecular weight excluding hydrogens is 302 g/mol. The molecule has 5 nitrogen and oxygen atoms in total. The van der Waals surface area contributed by atoms with Gasteiger partial charge in [-0.25, -0.2) is 4.57 Å². The molecule has 0 unspecified atom stereocenters. The van der Waals surface area contributed by atoms with Crippen molar-refractivity contribution >= 4 is 23.6 Å². The lowest BCUT2D eigenvalue weighted by Gasteiger charge is -2.03. The fraction of sp³-hybridized carbons (Fsp3) is 0.714. The maximum absolute atomic E-state index is 5.30. The van der Waals surface area contributed by atoms with Crippen molar-refractivity contribution in [3.63, 3.8) is 0 Å². The molecule has 21 heavy (non-hydrogen) atoms. The minimum atomic E-state index is 0.601. The lowest BCUT2D eigenvalue weighted by atomic mass is 10.1. The monoisotopic (exact) mass is 325 g/mol. The topological polar surface area (TPSA) is 59.4 Å². The van der Waals surface area contributed by atoms with Crippen LogP contribution >= 0.6 is 23.6 Å². The van der Waals surface area contributed by atoms with E-state index >= 15 is 0 Å². The molecule has 0 saturated heterocycles. The van der Waals surface area contributed by atoms with Gasteiger partial charge in [0.05, 0.1) is 0 Å². The molecule has 0 bridgehead atoms. The van der Waals surface area contributed by atoms with Crippen molar-refractivity contribution < 1.29 is 0 Å². The molecule has 0 atom stereocenters. The molecular formula is C14H23N5S2. The van der Waals surface area contributed by atoms with Gasteiger partial charge in [0.2, 0.25) is 9.90 Å². The second-order valence-corrected chi connectivity index (χ2v) is 6.80. The maximum Gasteiger partial charge on any atom is 0.220 e. The van der Waals surface area contributed by atoms with E-state index in [1.807, 2.05) is 11.5 Å². The molecule has 0 fully saturated rings. The zero-order valence-electron chi connectivity index (χ0n) is 12.8. The molecule has 0 radical (unpaired) electrons. The van der Waals surface area contributed by atoms with E-state index < -0.39 is 0 Å². The van der Waals surface area contributed by atoms with Gasteiger partial charge in [0.15, 0.2) is 0 Å². The first-order chi connectivity index (χ1) is 10.2. The number of aromatic amines is 1. The van der Waals surface area contributed by atoms with Crippen LogP contribution in [0.3, 0.4) is 0 Å². The Kier molecular flexibility index (Phi) is 6.50. The van der Waals surface area contributed by atoms with E-state index in [0.717, 1.165) is 28.8 Å². The lowest BCUT2D eigenvalue weighted by Crippen LogP contribution is -2.01. The number of hydrogen-bond donors (Lipinski definition) is 1. The standard InChI is InChI=1S/C14H23N5S2/c1-3-4-5-6-7-8-9-10-12-16-17-13(20)19(12)14-18-15-11(2)21-14/h3-10H2,1-2H3,(H,17,20). The third kappa shape index (κ3) is 4.71. The highest BCUT2D eigenvalue weighted by atomic mass is 32.1. The van der Waals surface area contributed by atoms with Crippen LogP contribution in [0, 0.1) is 11.7 Å². The summed E-state index contributed by atoms with van der Waals surface area (Å²) in [6.07, 6.45) is 9.99. The van der Waals surface area contributed by atoms with Gasteiger partial charge in [-0.05, 0) is 25.6 Å². The van der Waals surface area contributed by atoms with Crippen LogP contribution in [-0.2, 0) is 6.42 Å². The molecule has 0 saturated carbocycles. The Hall–Kier alpha value is -1.08. The first kappa shape index (κ1) is 16.3. The molecule has 0 aromatic carbocycles. The third-order valence-corrected chi connectivity index (χ3v) is 4.55. The normalized spacial score (nSPS) is 11.1. The van der Waals surface area contributed by atoms with Crippen LogP contribution in [0.4, 0.5) is 0 Å². The third-order valence-electron chi connectivity index (χ3n) is 3.45. The Morgan fingerprint density at radius 3 is 2.48 bits per heavy atom. The van der Waals surface area contributed by atoms with Crippen molar-refractivity contribution in [1.29, 1.82) is 0 Å². The SMILES string of the molecule is CCCCCCCCCc1n[nH]c(=S)n1-c1nnc(C)s1. The summed E-state index contributed by atoms with van der Waals surface area (Å²) >= 11 is 6.84. The molecule has 2 rings (SSSR count). The Morgan fingerprint density at radius 1 is 1.10 bits per heavy atom. The zero-order chi connectivity index (χ0) is 15.1. The predicted octanol–water partition coefficient (Wildman–Crippen LogP) is 4.38. The van der Waals surface area contributed by atoms with Gasteiger partial charge >= 0.3 is 0 Å². The molecule has 2 heterocycles. The number of H-pyrrole nitrogens is 1. The van der Waals surface area contributed by atoms with Crippen molar-refractivity contribution in [2.45, 2.75) is 65.2 Å². The van der Waals surface area contributed by atoms with Crippen LogP contribution in [-0.4, -0.2) is 25.0 Å². The van der Waals surface area contributed by atoms with Gasteiger partial charge in [-0.1, -0.05) is 56.8 Å². The number of nitrogens with one attached hydrogen (secondary N) is 1. The largest absolute Gasteiger partial charge is 0.251 e. The van der Waals surface area contributed by atoms with Crippen LogP contribution in [0.15, 0.2) is 0 Å². The van der Waals surface area contributed by atoms with Crippen LogP contribution in [0.1, 0.15) is 62.7 Å². The first-order valence-corrected chi connectivity index (χ1v) is 8.91. The molecule has 2 aromatic heterocycles. The Balaban J connectivity index is 1.86. The van der Waals surface area contributed by atoms with Gasteiger partial charge in [0.1, 0.15) is 10.8 Å². The van der Waals surface area contributed by atoms with Crippen LogP contribution in [0.2, 0.25) is 0 Å². The van der Waals surface area contributed by atoms with Gasteiger partial charge in [-0.3, -0.25) is 5.10 Å². The number of nitrogens with zero attached hydrogens (tertiary/aromatic N) is 4. The molecule has 116 valence electrons. The van der Waals surface area contributed by atoms with Crippen molar-refractivity contribution in [1.82, 2.24) is 25.0 Å². The number of unbranched alkanes of at least 4 members (excludes halogenated alkanes) is 6. The molecule has 1 N–H and O–H groups in total. The highest BCUT2D eigenvalue weighted by molar-refractivity contribution is 7.71. The van der Waals surface area contributed by atoms with Crippen molar-refractivity contribution in [2.75, 3.05) is 0 Å². The molecule has 7 heteroatoms. The van der Waals surface area contributed by atoms with E-state index in [0.29, 0.717) is 4.77 Å². The summed E-state index contributed by atoms with van der Waals surface area (Å²) < 4.78 is 2.51. The first-order valence-electron chi connectivity index (χ1n) is 7.69.